The van der Waals surface area contributed by atoms with Crippen molar-refractivity contribution < 1.29 is 9.90 Å². The first kappa shape index (κ1) is 14.8. The van der Waals surface area contributed by atoms with Gasteiger partial charge in [-0.05, 0) is 37.1 Å². The normalized spacial score (nSPS) is 14.1. The summed E-state index contributed by atoms with van der Waals surface area (Å²) in [6, 6.07) is 6.46. The first-order chi connectivity index (χ1) is 8.31. The van der Waals surface area contributed by atoms with E-state index in [1.54, 1.807) is 31.2 Å². The fraction of sp³-hybridized carbons (Fsp3) is 0.462. The van der Waals surface area contributed by atoms with Gasteiger partial charge in [0.15, 0.2) is 0 Å². The van der Waals surface area contributed by atoms with E-state index in [2.05, 4.69) is 10.6 Å². The van der Waals surface area contributed by atoms with Crippen LogP contribution in [0, 0.1) is 5.92 Å². The SMILES string of the molecule is CC(C)C(C)(O)CNC(=O)Nc1ccc(Cl)cc1. The molecular weight excluding hydrogens is 252 g/mol. The van der Waals surface area contributed by atoms with Gasteiger partial charge in [-0.2, -0.15) is 0 Å². The molecule has 0 saturated heterocycles. The fourth-order valence-corrected chi connectivity index (χ4v) is 1.30. The van der Waals surface area contributed by atoms with E-state index in [4.69, 9.17) is 11.6 Å². The van der Waals surface area contributed by atoms with Gasteiger partial charge < -0.3 is 15.7 Å². The molecule has 0 aliphatic carbocycles. The number of hydrogen-bond acceptors (Lipinski definition) is 2. The van der Waals surface area contributed by atoms with E-state index in [1.165, 1.54) is 0 Å². The largest absolute Gasteiger partial charge is 0.388 e. The summed E-state index contributed by atoms with van der Waals surface area (Å²) in [4.78, 5) is 11.6. The maximum absolute atomic E-state index is 11.6. The van der Waals surface area contributed by atoms with Crippen molar-refractivity contribution in [3.63, 3.8) is 0 Å². The summed E-state index contributed by atoms with van der Waals surface area (Å²) in [6.07, 6.45) is 0. The number of urea groups is 1. The molecule has 1 unspecified atom stereocenters. The van der Waals surface area contributed by atoms with Gasteiger partial charge in [-0.3, -0.25) is 0 Å². The lowest BCUT2D eigenvalue weighted by atomic mass is 9.93. The highest BCUT2D eigenvalue weighted by atomic mass is 35.5. The summed E-state index contributed by atoms with van der Waals surface area (Å²) in [7, 11) is 0. The van der Waals surface area contributed by atoms with Gasteiger partial charge in [-0.25, -0.2) is 4.79 Å². The Kier molecular flexibility index (Phi) is 4.99. The van der Waals surface area contributed by atoms with Crippen molar-refractivity contribution >= 4 is 23.3 Å². The number of benzene rings is 1. The Balaban J connectivity index is 2.45. The molecule has 0 saturated carbocycles. The topological polar surface area (TPSA) is 61.4 Å². The molecule has 18 heavy (non-hydrogen) atoms. The van der Waals surface area contributed by atoms with Crippen LogP contribution < -0.4 is 10.6 Å². The zero-order valence-corrected chi connectivity index (χ0v) is 11.6. The molecule has 0 fully saturated rings. The van der Waals surface area contributed by atoms with E-state index in [0.717, 1.165) is 0 Å². The number of aliphatic hydroxyl groups is 1. The molecular formula is C13H19ClN2O2. The summed E-state index contributed by atoms with van der Waals surface area (Å²) in [6.45, 7) is 5.70. The van der Waals surface area contributed by atoms with Crippen molar-refractivity contribution in [2.24, 2.45) is 5.92 Å². The van der Waals surface area contributed by atoms with Gasteiger partial charge in [0.25, 0.3) is 0 Å². The van der Waals surface area contributed by atoms with Crippen LogP contribution in [0.4, 0.5) is 10.5 Å². The monoisotopic (exact) mass is 270 g/mol. The van der Waals surface area contributed by atoms with E-state index >= 15 is 0 Å². The Hall–Kier alpha value is -1.26. The number of carbonyl (C=O) groups excluding carboxylic acids is 1. The molecule has 4 nitrogen and oxygen atoms in total. The van der Waals surface area contributed by atoms with Crippen LogP contribution >= 0.6 is 11.6 Å². The lowest BCUT2D eigenvalue weighted by molar-refractivity contribution is 0.0170. The third kappa shape index (κ3) is 4.55. The molecule has 1 rings (SSSR count). The summed E-state index contributed by atoms with van der Waals surface area (Å²) >= 11 is 5.74. The van der Waals surface area contributed by atoms with Gasteiger partial charge >= 0.3 is 6.03 Å². The Morgan fingerprint density at radius 3 is 2.44 bits per heavy atom. The molecule has 1 aromatic rings. The van der Waals surface area contributed by atoms with E-state index in [9.17, 15) is 9.90 Å². The summed E-state index contributed by atoms with van der Waals surface area (Å²) in [5, 5.41) is 15.9. The third-order valence-electron chi connectivity index (χ3n) is 2.95. The van der Waals surface area contributed by atoms with E-state index in [1.807, 2.05) is 13.8 Å². The second-order valence-corrected chi connectivity index (χ2v) is 5.26. The van der Waals surface area contributed by atoms with Crippen molar-refractivity contribution in [3.8, 4) is 0 Å². The zero-order valence-electron chi connectivity index (χ0n) is 10.8. The van der Waals surface area contributed by atoms with E-state index in [0.29, 0.717) is 10.7 Å². The minimum absolute atomic E-state index is 0.0633. The molecule has 2 amide bonds. The lowest BCUT2D eigenvalue weighted by Crippen LogP contribution is -2.45. The first-order valence-electron chi connectivity index (χ1n) is 5.84. The van der Waals surface area contributed by atoms with Crippen LogP contribution in [0.2, 0.25) is 5.02 Å². The molecule has 0 radical (unpaired) electrons. The minimum atomic E-state index is -0.919. The highest BCUT2D eigenvalue weighted by Gasteiger charge is 2.25. The Labute approximate surface area is 112 Å². The Morgan fingerprint density at radius 1 is 1.39 bits per heavy atom. The quantitative estimate of drug-likeness (QED) is 0.788. The van der Waals surface area contributed by atoms with Crippen molar-refractivity contribution in [3.05, 3.63) is 29.3 Å². The van der Waals surface area contributed by atoms with Crippen LogP contribution in [0.25, 0.3) is 0 Å². The molecule has 1 atom stereocenters. The number of nitrogens with one attached hydrogen (secondary N) is 2. The molecule has 1 aromatic carbocycles. The van der Waals surface area contributed by atoms with Crippen LogP contribution in [-0.2, 0) is 0 Å². The molecule has 0 aliphatic rings. The maximum atomic E-state index is 11.6. The standard InChI is InChI=1S/C13H19ClN2O2/c1-9(2)13(3,18)8-15-12(17)16-11-6-4-10(14)5-7-11/h4-7,9,18H,8H2,1-3H3,(H2,15,16,17). The van der Waals surface area contributed by atoms with E-state index < -0.39 is 5.60 Å². The molecule has 5 heteroatoms. The molecule has 0 spiro atoms. The van der Waals surface area contributed by atoms with Gasteiger partial charge in [-0.15, -0.1) is 0 Å². The average molecular weight is 271 g/mol. The number of amides is 2. The summed E-state index contributed by atoms with van der Waals surface area (Å²) in [5.74, 6) is 0.0633. The Morgan fingerprint density at radius 2 is 1.94 bits per heavy atom. The maximum Gasteiger partial charge on any atom is 0.319 e. The van der Waals surface area contributed by atoms with Crippen LogP contribution in [-0.4, -0.2) is 23.3 Å². The van der Waals surface area contributed by atoms with Gasteiger partial charge in [0.1, 0.15) is 0 Å². The second kappa shape index (κ2) is 6.07. The summed E-state index contributed by atoms with van der Waals surface area (Å²) in [5.41, 5.74) is -0.266. The molecule has 3 N–H and O–H groups in total. The van der Waals surface area contributed by atoms with Gasteiger partial charge in [0.2, 0.25) is 0 Å². The summed E-state index contributed by atoms with van der Waals surface area (Å²) < 4.78 is 0. The van der Waals surface area contributed by atoms with Crippen molar-refractivity contribution in [2.45, 2.75) is 26.4 Å². The Bertz CT molecular complexity index is 402. The van der Waals surface area contributed by atoms with Crippen molar-refractivity contribution in [1.29, 1.82) is 0 Å². The number of rotatable bonds is 4. The van der Waals surface area contributed by atoms with Crippen molar-refractivity contribution in [2.75, 3.05) is 11.9 Å². The predicted octanol–water partition coefficient (Wildman–Crippen LogP) is 2.87. The average Bonchev–Trinajstić information content (AvgIpc) is 2.29. The van der Waals surface area contributed by atoms with Crippen LogP contribution in [0.1, 0.15) is 20.8 Å². The lowest BCUT2D eigenvalue weighted by Gasteiger charge is -2.27. The highest BCUT2D eigenvalue weighted by molar-refractivity contribution is 6.30. The van der Waals surface area contributed by atoms with Crippen LogP contribution in [0.3, 0.4) is 0 Å². The number of halogens is 1. The van der Waals surface area contributed by atoms with Gasteiger partial charge in [-0.1, -0.05) is 25.4 Å². The van der Waals surface area contributed by atoms with Gasteiger partial charge in [0.05, 0.1) is 5.60 Å². The molecule has 0 aliphatic heterocycles. The van der Waals surface area contributed by atoms with Crippen LogP contribution in [0.5, 0.6) is 0 Å². The second-order valence-electron chi connectivity index (χ2n) is 4.83. The third-order valence-corrected chi connectivity index (χ3v) is 3.20. The van der Waals surface area contributed by atoms with Gasteiger partial charge in [0, 0.05) is 17.3 Å². The predicted molar refractivity (Wildman–Crippen MR) is 73.9 cm³/mol. The number of hydrogen-bond donors (Lipinski definition) is 3. The number of anilines is 1. The zero-order chi connectivity index (χ0) is 13.8. The smallest absolute Gasteiger partial charge is 0.319 e. The van der Waals surface area contributed by atoms with Crippen LogP contribution in [0.15, 0.2) is 24.3 Å². The van der Waals surface area contributed by atoms with E-state index in [-0.39, 0.29) is 18.5 Å². The fourth-order valence-electron chi connectivity index (χ4n) is 1.17. The first-order valence-corrected chi connectivity index (χ1v) is 6.22. The molecule has 0 aromatic heterocycles. The molecule has 0 bridgehead atoms. The number of carbonyl (C=O) groups is 1. The highest BCUT2D eigenvalue weighted by Crippen LogP contribution is 2.15. The van der Waals surface area contributed by atoms with Crippen molar-refractivity contribution in [1.82, 2.24) is 5.32 Å². The minimum Gasteiger partial charge on any atom is -0.388 e. The molecule has 0 heterocycles. The molecule has 100 valence electrons.